The molecule has 0 saturated heterocycles. The van der Waals surface area contributed by atoms with Gasteiger partial charge in [-0.15, -0.1) is 0 Å². The van der Waals surface area contributed by atoms with Crippen molar-refractivity contribution < 1.29 is 17.2 Å². The molecule has 0 aromatic rings. The Morgan fingerprint density at radius 1 is 1.15 bits per heavy atom. The van der Waals surface area contributed by atoms with Crippen LogP contribution in [-0.2, 0) is 14.3 Å². The molecule has 0 aliphatic heterocycles. The maximum Gasteiger partial charge on any atom is 0.174 e. The summed E-state index contributed by atoms with van der Waals surface area (Å²) in [5, 5.41) is 0. The zero-order chi connectivity index (χ0) is 10.6. The van der Waals surface area contributed by atoms with Crippen molar-refractivity contribution in [2.75, 3.05) is 0 Å². The van der Waals surface area contributed by atoms with E-state index < -0.39 is 6.10 Å². The first-order valence-corrected chi connectivity index (χ1v) is 4.56. The highest BCUT2D eigenvalue weighted by atomic mass is 16.5. The van der Waals surface area contributed by atoms with E-state index in [9.17, 15) is 9.59 Å². The summed E-state index contributed by atoms with van der Waals surface area (Å²) in [5.41, 5.74) is 0. The van der Waals surface area contributed by atoms with Gasteiger partial charge in [-0.25, -0.2) is 0 Å². The molecule has 0 amide bonds. The second-order valence-electron chi connectivity index (χ2n) is 3.73. The molecule has 0 aliphatic carbocycles. The topological polar surface area (TPSA) is 43.4 Å². The van der Waals surface area contributed by atoms with Crippen LogP contribution in [0.25, 0.3) is 0 Å². The van der Waals surface area contributed by atoms with Crippen molar-refractivity contribution in [3.8, 4) is 0 Å². The van der Waals surface area contributed by atoms with Gasteiger partial charge in [0.2, 0.25) is 0 Å². The number of hydrogen-bond donors (Lipinski definition) is 0. The lowest BCUT2D eigenvalue weighted by molar-refractivity contribution is -0.146. The van der Waals surface area contributed by atoms with E-state index in [-0.39, 0.29) is 26.4 Å². The smallest absolute Gasteiger partial charge is 0.174 e. The number of carbonyl (C=O) groups excluding carboxylic acids is 2. The summed E-state index contributed by atoms with van der Waals surface area (Å²) < 4.78 is 5.24. The van der Waals surface area contributed by atoms with Crippen molar-refractivity contribution in [1.82, 2.24) is 0 Å². The van der Waals surface area contributed by atoms with E-state index >= 15 is 0 Å². The molecule has 1 atom stereocenters. The Morgan fingerprint density at radius 2 is 1.62 bits per heavy atom. The van der Waals surface area contributed by atoms with Crippen molar-refractivity contribution in [2.24, 2.45) is 5.92 Å². The summed E-state index contributed by atoms with van der Waals surface area (Å²) in [7, 11) is 0. The molecular formula is C10H22O3. The lowest BCUT2D eigenvalue weighted by atomic mass is 10.0. The van der Waals surface area contributed by atoms with Gasteiger partial charge >= 0.3 is 0 Å². The van der Waals surface area contributed by atoms with Gasteiger partial charge in [0.25, 0.3) is 0 Å². The van der Waals surface area contributed by atoms with E-state index in [2.05, 4.69) is 0 Å². The van der Waals surface area contributed by atoms with Gasteiger partial charge in [0, 0.05) is 8.77 Å². The second kappa shape index (κ2) is 5.12. The molecule has 80 valence electrons. The fourth-order valence-corrected chi connectivity index (χ4v) is 0.938. The Hall–Kier alpha value is -0.700. The van der Waals surface area contributed by atoms with Crippen LogP contribution in [0.3, 0.4) is 0 Å². The number of ketones is 2. The van der Waals surface area contributed by atoms with Gasteiger partial charge in [0.15, 0.2) is 17.7 Å². The van der Waals surface area contributed by atoms with Crippen molar-refractivity contribution in [3.63, 3.8) is 0 Å². The Labute approximate surface area is 82.4 Å². The number of Topliss-reactive ketones (excluding diaryl/α,β-unsaturated/α-hetero) is 2. The van der Waals surface area contributed by atoms with Gasteiger partial charge < -0.3 is 4.74 Å². The SMILES string of the molecule is CC(=O)C(OC(C)C)C(=O)C(C)C.[HH].[HH]. The molecule has 0 N–H and O–H groups in total. The standard InChI is InChI=1S/C10H18O3.2H2/c1-6(2)9(12)10(8(5)11)13-7(3)4;;/h6-7,10H,1-5H3;2*1H. The third-order valence-corrected chi connectivity index (χ3v) is 1.60. The second-order valence-corrected chi connectivity index (χ2v) is 3.73. The van der Waals surface area contributed by atoms with Gasteiger partial charge in [0.1, 0.15) is 0 Å². The lowest BCUT2D eigenvalue weighted by Crippen LogP contribution is -2.36. The van der Waals surface area contributed by atoms with Gasteiger partial charge in [-0.3, -0.25) is 9.59 Å². The number of rotatable bonds is 5. The molecule has 0 heterocycles. The summed E-state index contributed by atoms with van der Waals surface area (Å²) in [4.78, 5) is 22.6. The molecule has 0 bridgehead atoms. The van der Waals surface area contributed by atoms with E-state index in [4.69, 9.17) is 4.74 Å². The van der Waals surface area contributed by atoms with Crippen LogP contribution in [-0.4, -0.2) is 23.8 Å². The minimum absolute atomic E-state index is 0. The average molecular weight is 190 g/mol. The molecule has 1 unspecified atom stereocenters. The molecule has 13 heavy (non-hydrogen) atoms. The molecule has 0 aromatic carbocycles. The molecule has 3 heteroatoms. The summed E-state index contributed by atoms with van der Waals surface area (Å²) in [6, 6.07) is 0. The molecule has 0 aromatic heterocycles. The zero-order valence-electron chi connectivity index (χ0n) is 8.96. The van der Waals surface area contributed by atoms with Crippen molar-refractivity contribution >= 4 is 11.6 Å². The minimum atomic E-state index is -0.875. The highest BCUT2D eigenvalue weighted by Crippen LogP contribution is 2.07. The van der Waals surface area contributed by atoms with Crippen molar-refractivity contribution in [3.05, 3.63) is 0 Å². The van der Waals surface area contributed by atoms with Crippen LogP contribution in [0.2, 0.25) is 0 Å². The molecule has 0 radical (unpaired) electrons. The lowest BCUT2D eigenvalue weighted by Gasteiger charge is -2.18. The predicted molar refractivity (Wildman–Crippen MR) is 54.8 cm³/mol. The zero-order valence-corrected chi connectivity index (χ0v) is 8.96. The number of ether oxygens (including phenoxy) is 1. The minimum Gasteiger partial charge on any atom is -0.360 e. The van der Waals surface area contributed by atoms with E-state index in [1.165, 1.54) is 6.92 Å². The molecule has 0 spiro atoms. The van der Waals surface area contributed by atoms with E-state index in [1.54, 1.807) is 13.8 Å². The Kier molecular flexibility index (Phi) is 4.85. The maximum atomic E-state index is 11.5. The maximum absolute atomic E-state index is 11.5. The first kappa shape index (κ1) is 12.3. The fourth-order valence-electron chi connectivity index (χ4n) is 0.938. The van der Waals surface area contributed by atoms with Crippen LogP contribution in [0.5, 0.6) is 0 Å². The van der Waals surface area contributed by atoms with Crippen LogP contribution in [0.15, 0.2) is 0 Å². The predicted octanol–water partition coefficient (Wildman–Crippen LogP) is 2.09. The van der Waals surface area contributed by atoms with E-state index in [0.717, 1.165) is 0 Å². The summed E-state index contributed by atoms with van der Waals surface area (Å²) in [6.45, 7) is 8.53. The van der Waals surface area contributed by atoms with E-state index in [1.807, 2.05) is 13.8 Å². The van der Waals surface area contributed by atoms with Gasteiger partial charge in [-0.05, 0) is 20.8 Å². The third-order valence-electron chi connectivity index (χ3n) is 1.60. The largest absolute Gasteiger partial charge is 0.360 e. The van der Waals surface area contributed by atoms with Crippen molar-refractivity contribution in [1.29, 1.82) is 0 Å². The van der Waals surface area contributed by atoms with E-state index in [0.29, 0.717) is 0 Å². The molecular weight excluding hydrogens is 168 g/mol. The molecule has 3 nitrogen and oxygen atoms in total. The van der Waals surface area contributed by atoms with Crippen molar-refractivity contribution in [2.45, 2.75) is 46.8 Å². The van der Waals surface area contributed by atoms with Gasteiger partial charge in [-0.2, -0.15) is 0 Å². The van der Waals surface area contributed by atoms with Crippen LogP contribution in [0.1, 0.15) is 37.5 Å². The number of hydrogen-bond acceptors (Lipinski definition) is 3. The molecule has 0 aliphatic rings. The molecule has 0 saturated carbocycles. The number of carbonyl (C=O) groups is 2. The fraction of sp³-hybridized carbons (Fsp3) is 0.800. The highest BCUT2D eigenvalue weighted by molar-refractivity contribution is 6.05. The van der Waals surface area contributed by atoms with Crippen LogP contribution in [0, 0.1) is 5.92 Å². The molecule has 0 fully saturated rings. The van der Waals surface area contributed by atoms with Gasteiger partial charge in [0.05, 0.1) is 6.10 Å². The summed E-state index contributed by atoms with van der Waals surface area (Å²) in [5.74, 6) is -0.513. The Bertz CT molecular complexity index is 203. The van der Waals surface area contributed by atoms with Crippen LogP contribution >= 0.6 is 0 Å². The Balaban J connectivity index is -0.000000720. The summed E-state index contributed by atoms with van der Waals surface area (Å²) in [6.07, 6.45) is -0.975. The first-order valence-electron chi connectivity index (χ1n) is 4.56. The van der Waals surface area contributed by atoms with Crippen LogP contribution in [0.4, 0.5) is 0 Å². The average Bonchev–Trinajstić information content (AvgIpc) is 1.97. The molecule has 0 rings (SSSR count). The monoisotopic (exact) mass is 190 g/mol. The first-order chi connectivity index (χ1) is 5.86. The third kappa shape index (κ3) is 4.18. The normalized spacial score (nSPS) is 13.5. The van der Waals surface area contributed by atoms with Crippen LogP contribution < -0.4 is 0 Å². The summed E-state index contributed by atoms with van der Waals surface area (Å²) >= 11 is 0. The highest BCUT2D eigenvalue weighted by Gasteiger charge is 2.26. The van der Waals surface area contributed by atoms with Gasteiger partial charge in [-0.1, -0.05) is 13.8 Å². The Morgan fingerprint density at radius 3 is 1.85 bits per heavy atom. The quantitative estimate of drug-likeness (QED) is 0.623.